The average Bonchev–Trinajstić information content (AvgIpc) is 2.81. The van der Waals surface area contributed by atoms with Gasteiger partial charge in [-0.25, -0.2) is 0 Å². The van der Waals surface area contributed by atoms with Gasteiger partial charge in [0.25, 0.3) is 5.56 Å². The number of hydrogen-bond donors (Lipinski definition) is 1. The second kappa shape index (κ2) is 4.77. The van der Waals surface area contributed by atoms with Crippen LogP contribution in [0.2, 0.25) is 0 Å². The molecule has 2 aromatic heterocycles. The van der Waals surface area contributed by atoms with E-state index in [4.69, 9.17) is 0 Å². The molecule has 1 atom stereocenters. The lowest BCUT2D eigenvalue weighted by Crippen LogP contribution is -2.13. The van der Waals surface area contributed by atoms with Gasteiger partial charge < -0.3 is 9.88 Å². The van der Waals surface area contributed by atoms with Crippen LogP contribution in [0.3, 0.4) is 0 Å². The quantitative estimate of drug-likeness (QED) is 0.888. The van der Waals surface area contributed by atoms with Crippen LogP contribution < -0.4 is 10.9 Å². The van der Waals surface area contributed by atoms with Crippen LogP contribution in [0.5, 0.6) is 0 Å². The molecule has 6 heteroatoms. The largest absolute Gasteiger partial charge is 0.319 e. The molecule has 0 aliphatic rings. The highest BCUT2D eigenvalue weighted by Gasteiger charge is 2.11. The summed E-state index contributed by atoms with van der Waals surface area (Å²) in [6, 6.07) is 3.62. The Morgan fingerprint density at radius 3 is 2.88 bits per heavy atom. The summed E-state index contributed by atoms with van der Waals surface area (Å²) in [5, 5.41) is 13.0. The van der Waals surface area contributed by atoms with Crippen molar-refractivity contribution in [1.29, 1.82) is 0 Å². The molecule has 1 N–H and O–H groups in total. The van der Waals surface area contributed by atoms with Gasteiger partial charge in [-0.3, -0.25) is 4.79 Å². The van der Waals surface area contributed by atoms with E-state index in [0.717, 1.165) is 15.6 Å². The van der Waals surface area contributed by atoms with Crippen LogP contribution in [0.1, 0.15) is 18.0 Å². The highest BCUT2D eigenvalue weighted by molar-refractivity contribution is 7.14. The van der Waals surface area contributed by atoms with Crippen molar-refractivity contribution in [2.45, 2.75) is 13.0 Å². The molecule has 0 aliphatic heterocycles. The fourth-order valence-corrected chi connectivity index (χ4v) is 2.23. The normalized spacial score (nSPS) is 12.6. The Balaban J connectivity index is 2.37. The van der Waals surface area contributed by atoms with Crippen molar-refractivity contribution in [1.82, 2.24) is 20.1 Å². The number of hydrogen-bond acceptors (Lipinski definition) is 5. The van der Waals surface area contributed by atoms with Gasteiger partial charge in [-0.15, -0.1) is 10.2 Å². The van der Waals surface area contributed by atoms with Crippen molar-refractivity contribution in [3.63, 3.8) is 0 Å². The first kappa shape index (κ1) is 11.9. The third-order valence-electron chi connectivity index (χ3n) is 2.60. The molecule has 0 aliphatic carbocycles. The highest BCUT2D eigenvalue weighted by Crippen LogP contribution is 2.25. The lowest BCUT2D eigenvalue weighted by atomic mass is 10.3. The number of aromatic nitrogens is 3. The molecule has 0 aromatic carbocycles. The SMILES string of the molecule is CNC(C)c1nnc(-c2ccn(C)c(=O)c2)s1. The molecule has 0 amide bonds. The van der Waals surface area contributed by atoms with E-state index in [-0.39, 0.29) is 11.6 Å². The predicted octanol–water partition coefficient (Wildman–Crippen LogP) is 1.18. The molecule has 2 heterocycles. The fraction of sp³-hybridized carbons (Fsp3) is 0.364. The van der Waals surface area contributed by atoms with Gasteiger partial charge in [-0.05, 0) is 20.0 Å². The van der Waals surface area contributed by atoms with Gasteiger partial charge in [0, 0.05) is 24.9 Å². The molecule has 0 saturated heterocycles. The van der Waals surface area contributed by atoms with E-state index < -0.39 is 0 Å². The molecule has 0 radical (unpaired) electrons. The van der Waals surface area contributed by atoms with Crippen molar-refractivity contribution in [3.05, 3.63) is 33.7 Å². The fourth-order valence-electron chi connectivity index (χ4n) is 1.33. The smallest absolute Gasteiger partial charge is 0.250 e. The third-order valence-corrected chi connectivity index (χ3v) is 3.75. The summed E-state index contributed by atoms with van der Waals surface area (Å²) >= 11 is 1.50. The van der Waals surface area contributed by atoms with Crippen LogP contribution >= 0.6 is 11.3 Å². The van der Waals surface area contributed by atoms with Crippen molar-refractivity contribution in [2.24, 2.45) is 7.05 Å². The Morgan fingerprint density at radius 2 is 2.24 bits per heavy atom. The maximum absolute atomic E-state index is 11.5. The number of nitrogens with one attached hydrogen (secondary N) is 1. The molecule has 2 aromatic rings. The van der Waals surface area contributed by atoms with Gasteiger partial charge in [-0.1, -0.05) is 11.3 Å². The maximum atomic E-state index is 11.5. The van der Waals surface area contributed by atoms with Crippen molar-refractivity contribution >= 4 is 11.3 Å². The van der Waals surface area contributed by atoms with Crippen molar-refractivity contribution < 1.29 is 0 Å². The van der Waals surface area contributed by atoms with E-state index in [9.17, 15) is 4.79 Å². The first-order valence-electron chi connectivity index (χ1n) is 5.29. The Bertz CT molecular complexity index is 575. The topological polar surface area (TPSA) is 59.8 Å². The summed E-state index contributed by atoms with van der Waals surface area (Å²) in [4.78, 5) is 11.5. The summed E-state index contributed by atoms with van der Waals surface area (Å²) in [5.41, 5.74) is 0.779. The number of rotatable bonds is 3. The molecule has 0 bridgehead atoms. The van der Waals surface area contributed by atoms with Gasteiger partial charge in [0.05, 0.1) is 6.04 Å². The van der Waals surface area contributed by atoms with E-state index in [1.54, 1.807) is 19.3 Å². The average molecular weight is 250 g/mol. The molecule has 0 fully saturated rings. The maximum Gasteiger partial charge on any atom is 0.250 e. The van der Waals surface area contributed by atoms with Gasteiger partial charge in [0.1, 0.15) is 10.0 Å². The zero-order valence-electron chi connectivity index (χ0n) is 9.97. The zero-order valence-corrected chi connectivity index (χ0v) is 10.8. The second-order valence-electron chi connectivity index (χ2n) is 3.82. The molecule has 1 unspecified atom stereocenters. The number of pyridine rings is 1. The first-order valence-corrected chi connectivity index (χ1v) is 6.11. The Kier molecular flexibility index (Phi) is 3.35. The minimum atomic E-state index is -0.0408. The number of aryl methyl sites for hydroxylation is 1. The molecule has 2 rings (SSSR count). The molecular weight excluding hydrogens is 236 g/mol. The molecule has 17 heavy (non-hydrogen) atoms. The van der Waals surface area contributed by atoms with E-state index in [1.807, 2.05) is 20.0 Å². The number of nitrogens with zero attached hydrogens (tertiary/aromatic N) is 3. The monoisotopic (exact) mass is 250 g/mol. The van der Waals surface area contributed by atoms with Crippen LogP contribution in [0, 0.1) is 0 Å². The van der Waals surface area contributed by atoms with Gasteiger partial charge in [0.2, 0.25) is 0 Å². The van der Waals surface area contributed by atoms with E-state index in [0.29, 0.717) is 0 Å². The minimum Gasteiger partial charge on any atom is -0.319 e. The van der Waals surface area contributed by atoms with Crippen molar-refractivity contribution in [3.8, 4) is 10.6 Å². The summed E-state index contributed by atoms with van der Waals surface area (Å²) in [6.45, 7) is 2.02. The lowest BCUT2D eigenvalue weighted by molar-refractivity contribution is 0.640. The van der Waals surface area contributed by atoms with Crippen LogP contribution in [-0.2, 0) is 7.05 Å². The molecule has 90 valence electrons. The van der Waals surface area contributed by atoms with E-state index >= 15 is 0 Å². The Hall–Kier alpha value is -1.53. The van der Waals surface area contributed by atoms with Gasteiger partial charge >= 0.3 is 0 Å². The van der Waals surface area contributed by atoms with E-state index in [1.165, 1.54) is 15.9 Å². The lowest BCUT2D eigenvalue weighted by Gasteiger charge is -2.02. The molecular formula is C11H14N4OS. The molecule has 5 nitrogen and oxygen atoms in total. The van der Waals surface area contributed by atoms with Crippen LogP contribution in [0.4, 0.5) is 0 Å². The van der Waals surface area contributed by atoms with E-state index in [2.05, 4.69) is 15.5 Å². The third kappa shape index (κ3) is 2.42. The minimum absolute atomic E-state index is 0.0408. The Morgan fingerprint density at radius 1 is 1.47 bits per heavy atom. The zero-order chi connectivity index (χ0) is 12.4. The second-order valence-corrected chi connectivity index (χ2v) is 4.83. The van der Waals surface area contributed by atoms with Gasteiger partial charge in [0.15, 0.2) is 0 Å². The Labute approximate surface area is 103 Å². The standard InChI is InChI=1S/C11H14N4OS/c1-7(12-2)10-13-14-11(17-10)8-4-5-15(3)9(16)6-8/h4-7,12H,1-3H3. The first-order chi connectivity index (χ1) is 8.11. The molecule has 0 spiro atoms. The van der Waals surface area contributed by atoms with Crippen molar-refractivity contribution in [2.75, 3.05) is 7.05 Å². The van der Waals surface area contributed by atoms with Crippen LogP contribution in [0.15, 0.2) is 23.1 Å². The highest BCUT2D eigenvalue weighted by atomic mass is 32.1. The summed E-state index contributed by atoms with van der Waals surface area (Å²) in [6.07, 6.45) is 1.74. The summed E-state index contributed by atoms with van der Waals surface area (Å²) in [5.74, 6) is 0. The molecule has 0 saturated carbocycles. The van der Waals surface area contributed by atoms with Gasteiger partial charge in [-0.2, -0.15) is 0 Å². The summed E-state index contributed by atoms with van der Waals surface area (Å²) in [7, 11) is 3.60. The van der Waals surface area contributed by atoms with Crippen LogP contribution in [0.25, 0.3) is 10.6 Å². The van der Waals surface area contributed by atoms with Crippen LogP contribution in [-0.4, -0.2) is 21.8 Å². The predicted molar refractivity (Wildman–Crippen MR) is 68.1 cm³/mol. The summed E-state index contributed by atoms with van der Waals surface area (Å²) < 4.78 is 1.53.